The predicted molar refractivity (Wildman–Crippen MR) is 86.6 cm³/mol. The lowest BCUT2D eigenvalue weighted by atomic mass is 9.91. The van der Waals surface area contributed by atoms with Crippen molar-refractivity contribution in [2.24, 2.45) is 11.8 Å². The highest BCUT2D eigenvalue weighted by Gasteiger charge is 2.46. The molecule has 0 bridgehead atoms. The Hall–Kier alpha value is -2.18. The number of aromatic amines is 1. The Morgan fingerprint density at radius 2 is 2.17 bits per heavy atom. The maximum absolute atomic E-state index is 12.7. The molecule has 1 saturated heterocycles. The lowest BCUT2D eigenvalue weighted by molar-refractivity contribution is 0.0743. The quantitative estimate of drug-likeness (QED) is 0.931. The van der Waals surface area contributed by atoms with E-state index in [1.807, 2.05) is 4.90 Å². The smallest absolute Gasteiger partial charge is 0.309 e. The van der Waals surface area contributed by atoms with E-state index < -0.39 is 0 Å². The number of likely N-dealkylation sites (tertiary alicyclic amines) is 1. The molecular weight excluding hydrogens is 306 g/mol. The van der Waals surface area contributed by atoms with Crippen molar-refractivity contribution in [2.75, 3.05) is 13.1 Å². The van der Waals surface area contributed by atoms with Gasteiger partial charge in [0.25, 0.3) is 5.89 Å². The molecule has 7 nitrogen and oxygen atoms in total. The number of hydrogen-bond acceptors (Lipinski definition) is 5. The largest absolute Gasteiger partial charge is 0.438 e. The molecule has 2 fully saturated rings. The molecule has 2 atom stereocenters. The van der Waals surface area contributed by atoms with Crippen molar-refractivity contribution in [1.29, 1.82) is 0 Å². The minimum absolute atomic E-state index is 0.125. The number of rotatable bonds is 4. The van der Waals surface area contributed by atoms with Crippen molar-refractivity contribution < 1.29 is 9.21 Å². The Labute approximate surface area is 140 Å². The molecule has 4 rings (SSSR count). The number of nitrogens with zero attached hydrogens (tertiary/aromatic N) is 4. The Bertz CT molecular complexity index is 746. The van der Waals surface area contributed by atoms with Crippen LogP contribution in [0.2, 0.25) is 0 Å². The van der Waals surface area contributed by atoms with E-state index in [1.54, 1.807) is 13.1 Å². The van der Waals surface area contributed by atoms with Crippen LogP contribution in [0.3, 0.4) is 0 Å². The normalized spacial score (nSPS) is 24.1. The number of aryl methyl sites for hydroxylation is 1. The summed E-state index contributed by atoms with van der Waals surface area (Å²) < 4.78 is 5.41. The maximum Gasteiger partial charge on any atom is 0.309 e. The topological polar surface area (TPSA) is 87.9 Å². The van der Waals surface area contributed by atoms with Crippen molar-refractivity contribution in [3.05, 3.63) is 29.5 Å². The first kappa shape index (κ1) is 15.4. The Balaban J connectivity index is 1.56. The highest BCUT2D eigenvalue weighted by molar-refractivity contribution is 5.90. The van der Waals surface area contributed by atoms with Gasteiger partial charge in [-0.25, -0.2) is 9.97 Å². The predicted octanol–water partition coefficient (Wildman–Crippen LogP) is 2.49. The summed E-state index contributed by atoms with van der Waals surface area (Å²) in [4.78, 5) is 23.3. The molecule has 1 aliphatic heterocycles. The van der Waals surface area contributed by atoms with Crippen molar-refractivity contribution in [1.82, 2.24) is 25.1 Å². The first-order valence-electron chi connectivity index (χ1n) is 8.67. The fourth-order valence-electron chi connectivity index (χ4n) is 3.59. The van der Waals surface area contributed by atoms with Crippen molar-refractivity contribution in [3.8, 4) is 0 Å². The SMILES string of the molecule is Cc1cnc(C(=O)N2C[C@H](c3nc(C(C)C)n[nH]3)[C@@H](C3CC3)C2)o1. The Morgan fingerprint density at radius 1 is 1.38 bits per heavy atom. The van der Waals surface area contributed by atoms with E-state index in [1.165, 1.54) is 12.8 Å². The molecule has 1 amide bonds. The second kappa shape index (κ2) is 5.72. The molecule has 1 aliphatic carbocycles. The number of hydrogen-bond donors (Lipinski definition) is 1. The summed E-state index contributed by atoms with van der Waals surface area (Å²) in [5, 5.41) is 7.44. The molecule has 7 heteroatoms. The summed E-state index contributed by atoms with van der Waals surface area (Å²) >= 11 is 0. The molecule has 0 radical (unpaired) electrons. The number of carbonyl (C=O) groups is 1. The van der Waals surface area contributed by atoms with Crippen LogP contribution in [0.25, 0.3) is 0 Å². The van der Waals surface area contributed by atoms with Crippen LogP contribution in [-0.2, 0) is 0 Å². The Morgan fingerprint density at radius 3 is 2.75 bits per heavy atom. The maximum atomic E-state index is 12.7. The van der Waals surface area contributed by atoms with Crippen molar-refractivity contribution >= 4 is 5.91 Å². The van der Waals surface area contributed by atoms with E-state index in [0.29, 0.717) is 30.1 Å². The number of H-pyrrole nitrogens is 1. The molecule has 0 unspecified atom stereocenters. The fourth-order valence-corrected chi connectivity index (χ4v) is 3.59. The number of carbonyl (C=O) groups excluding carboxylic acids is 1. The van der Waals surface area contributed by atoms with Gasteiger partial charge in [0.1, 0.15) is 11.6 Å². The molecule has 2 aliphatic rings. The van der Waals surface area contributed by atoms with Gasteiger partial charge in [0.05, 0.1) is 6.20 Å². The van der Waals surface area contributed by atoms with E-state index in [9.17, 15) is 4.79 Å². The van der Waals surface area contributed by atoms with Gasteiger partial charge in [-0.3, -0.25) is 9.89 Å². The molecule has 0 spiro atoms. The van der Waals surface area contributed by atoms with E-state index >= 15 is 0 Å². The van der Waals surface area contributed by atoms with Crippen LogP contribution >= 0.6 is 0 Å². The lowest BCUT2D eigenvalue weighted by Crippen LogP contribution is -2.29. The first-order chi connectivity index (χ1) is 11.5. The Kier molecular flexibility index (Phi) is 3.66. The standard InChI is InChI=1S/C17H23N5O2/c1-9(2)14-19-15(21-20-14)13-8-22(7-12(13)11-4-5-11)17(23)16-18-6-10(3)24-16/h6,9,11-13H,4-5,7-8H2,1-3H3,(H,19,20,21)/t12-,13+/m1/s1. The number of nitrogens with one attached hydrogen (secondary N) is 1. The van der Waals surface area contributed by atoms with Crippen LogP contribution in [0.1, 0.15) is 66.6 Å². The number of amides is 1. The van der Waals surface area contributed by atoms with E-state index in [2.05, 4.69) is 34.0 Å². The van der Waals surface area contributed by atoms with E-state index in [4.69, 9.17) is 4.42 Å². The van der Waals surface area contributed by atoms with Crippen molar-refractivity contribution in [3.63, 3.8) is 0 Å². The minimum Gasteiger partial charge on any atom is -0.438 e. The highest BCUT2D eigenvalue weighted by Crippen LogP contribution is 2.47. The number of oxazole rings is 1. The summed E-state index contributed by atoms with van der Waals surface area (Å²) in [5.41, 5.74) is 0. The van der Waals surface area contributed by atoms with Crippen LogP contribution in [-0.4, -0.2) is 44.1 Å². The van der Waals surface area contributed by atoms with Gasteiger partial charge in [0.15, 0.2) is 5.82 Å². The molecule has 1 N–H and O–H groups in total. The van der Waals surface area contributed by atoms with Crippen LogP contribution in [0.5, 0.6) is 0 Å². The summed E-state index contributed by atoms with van der Waals surface area (Å²) in [6.07, 6.45) is 4.07. The lowest BCUT2D eigenvalue weighted by Gasteiger charge is -2.14. The first-order valence-corrected chi connectivity index (χ1v) is 8.67. The second-order valence-corrected chi connectivity index (χ2v) is 7.33. The van der Waals surface area contributed by atoms with Gasteiger partial charge in [0.2, 0.25) is 0 Å². The third-order valence-corrected chi connectivity index (χ3v) is 5.07. The van der Waals surface area contributed by atoms with Gasteiger partial charge < -0.3 is 9.32 Å². The molecule has 24 heavy (non-hydrogen) atoms. The summed E-state index contributed by atoms with van der Waals surface area (Å²) in [6.45, 7) is 7.36. The average molecular weight is 329 g/mol. The van der Waals surface area contributed by atoms with Gasteiger partial charge in [-0.05, 0) is 31.6 Å². The van der Waals surface area contributed by atoms with Gasteiger partial charge in [-0.1, -0.05) is 13.8 Å². The zero-order valence-electron chi connectivity index (χ0n) is 14.3. The molecular formula is C17H23N5O2. The summed E-state index contributed by atoms with van der Waals surface area (Å²) in [7, 11) is 0. The molecule has 1 saturated carbocycles. The third-order valence-electron chi connectivity index (χ3n) is 5.07. The molecule has 2 aromatic rings. The molecule has 3 heterocycles. The zero-order chi connectivity index (χ0) is 16.8. The molecule has 128 valence electrons. The van der Waals surface area contributed by atoms with Crippen LogP contribution in [0, 0.1) is 18.8 Å². The van der Waals surface area contributed by atoms with Crippen LogP contribution in [0.15, 0.2) is 10.6 Å². The van der Waals surface area contributed by atoms with E-state index in [-0.39, 0.29) is 17.7 Å². The molecule has 2 aromatic heterocycles. The van der Waals surface area contributed by atoms with Gasteiger partial charge in [-0.2, -0.15) is 5.10 Å². The van der Waals surface area contributed by atoms with Gasteiger partial charge >= 0.3 is 5.91 Å². The minimum atomic E-state index is -0.125. The van der Waals surface area contributed by atoms with Crippen LogP contribution < -0.4 is 0 Å². The summed E-state index contributed by atoms with van der Waals surface area (Å²) in [5.74, 6) is 4.11. The van der Waals surface area contributed by atoms with Gasteiger partial charge in [0, 0.05) is 24.9 Å². The monoisotopic (exact) mass is 329 g/mol. The van der Waals surface area contributed by atoms with Gasteiger partial charge in [-0.15, -0.1) is 0 Å². The van der Waals surface area contributed by atoms with Crippen LogP contribution in [0.4, 0.5) is 0 Å². The third kappa shape index (κ3) is 2.72. The number of aromatic nitrogens is 4. The average Bonchev–Trinajstić information content (AvgIpc) is 2.99. The zero-order valence-corrected chi connectivity index (χ0v) is 14.3. The molecule has 0 aromatic carbocycles. The highest BCUT2D eigenvalue weighted by atomic mass is 16.4. The van der Waals surface area contributed by atoms with E-state index in [0.717, 1.165) is 18.2 Å². The summed E-state index contributed by atoms with van der Waals surface area (Å²) in [6, 6.07) is 0. The second-order valence-electron chi connectivity index (χ2n) is 7.33. The van der Waals surface area contributed by atoms with Crippen molar-refractivity contribution in [2.45, 2.75) is 45.4 Å². The fraction of sp³-hybridized carbons (Fsp3) is 0.647.